The quantitative estimate of drug-likeness (QED) is 0.807. The number of rotatable bonds is 3. The van der Waals surface area contributed by atoms with Gasteiger partial charge in [-0.3, -0.25) is 9.89 Å². The number of fused-ring (bicyclic) bond motifs is 2. The number of benzene rings is 1. The Balaban J connectivity index is 1.76. The van der Waals surface area contributed by atoms with Gasteiger partial charge in [0.25, 0.3) is 5.56 Å². The third-order valence-corrected chi connectivity index (χ3v) is 4.23. The van der Waals surface area contributed by atoms with E-state index < -0.39 is 0 Å². The first kappa shape index (κ1) is 13.1. The molecule has 112 valence electrons. The summed E-state index contributed by atoms with van der Waals surface area (Å²) in [5.74, 6) is 0.810. The first-order valence-corrected chi connectivity index (χ1v) is 7.54. The van der Waals surface area contributed by atoms with Crippen LogP contribution in [0.3, 0.4) is 0 Å². The number of para-hydroxylation sites is 1. The van der Waals surface area contributed by atoms with Crippen LogP contribution in [-0.4, -0.2) is 14.6 Å². The number of nitrogens with one attached hydrogen (secondary N) is 1. The fourth-order valence-electron chi connectivity index (χ4n) is 3.04. The summed E-state index contributed by atoms with van der Waals surface area (Å²) in [5.41, 5.74) is 4.39. The Labute approximate surface area is 127 Å². The number of aromatic amines is 1. The summed E-state index contributed by atoms with van der Waals surface area (Å²) in [6.07, 6.45) is 2.74. The van der Waals surface area contributed by atoms with Crippen LogP contribution in [0.4, 0.5) is 0 Å². The molecule has 0 fully saturated rings. The van der Waals surface area contributed by atoms with Gasteiger partial charge in [-0.05, 0) is 38.3 Å². The van der Waals surface area contributed by atoms with Crippen molar-refractivity contribution in [2.24, 2.45) is 0 Å². The SMILES string of the molecule is Cc1[nH]n2c(=O)c3c(nc2c1COc1ccccc1)CCC3. The molecule has 0 atom stereocenters. The van der Waals surface area contributed by atoms with E-state index in [0.29, 0.717) is 12.3 Å². The van der Waals surface area contributed by atoms with Gasteiger partial charge < -0.3 is 4.74 Å². The molecule has 0 aliphatic heterocycles. The summed E-state index contributed by atoms with van der Waals surface area (Å²) in [4.78, 5) is 17.2. The van der Waals surface area contributed by atoms with Crippen molar-refractivity contribution in [1.82, 2.24) is 14.6 Å². The highest BCUT2D eigenvalue weighted by molar-refractivity contribution is 5.51. The summed E-state index contributed by atoms with van der Waals surface area (Å²) in [6, 6.07) is 9.66. The molecule has 2 heterocycles. The molecule has 0 saturated carbocycles. The van der Waals surface area contributed by atoms with Crippen LogP contribution in [0.5, 0.6) is 5.75 Å². The van der Waals surface area contributed by atoms with E-state index in [-0.39, 0.29) is 5.56 Å². The highest BCUT2D eigenvalue weighted by Gasteiger charge is 2.21. The van der Waals surface area contributed by atoms with Crippen LogP contribution in [0.15, 0.2) is 35.1 Å². The molecule has 1 aliphatic rings. The first-order valence-electron chi connectivity index (χ1n) is 7.54. The van der Waals surface area contributed by atoms with Gasteiger partial charge in [0.2, 0.25) is 0 Å². The molecule has 22 heavy (non-hydrogen) atoms. The fraction of sp³-hybridized carbons (Fsp3) is 0.294. The molecule has 5 nitrogen and oxygen atoms in total. The van der Waals surface area contributed by atoms with E-state index in [1.807, 2.05) is 37.3 Å². The predicted molar refractivity (Wildman–Crippen MR) is 83.3 cm³/mol. The summed E-state index contributed by atoms with van der Waals surface area (Å²) < 4.78 is 7.38. The fourth-order valence-corrected chi connectivity index (χ4v) is 3.04. The molecular formula is C17H17N3O2. The smallest absolute Gasteiger partial charge is 0.276 e. The zero-order valence-corrected chi connectivity index (χ0v) is 12.4. The van der Waals surface area contributed by atoms with Crippen molar-refractivity contribution in [3.05, 3.63) is 63.2 Å². The van der Waals surface area contributed by atoms with Crippen LogP contribution < -0.4 is 10.3 Å². The standard InChI is InChI=1S/C17H17N3O2/c1-11-14(10-22-12-6-3-2-4-7-12)16-18-15-9-5-8-13(15)17(21)20(16)19-11/h2-4,6-7,19H,5,8-10H2,1H3. The molecule has 3 aromatic rings. The molecule has 0 saturated heterocycles. The van der Waals surface area contributed by atoms with Gasteiger partial charge in [0, 0.05) is 11.3 Å². The van der Waals surface area contributed by atoms with Crippen LogP contribution in [-0.2, 0) is 19.4 Å². The van der Waals surface area contributed by atoms with Crippen LogP contribution in [0.2, 0.25) is 0 Å². The third-order valence-electron chi connectivity index (χ3n) is 4.23. The molecule has 2 aromatic heterocycles. The summed E-state index contributed by atoms with van der Waals surface area (Å²) in [6.45, 7) is 2.34. The van der Waals surface area contributed by atoms with Crippen LogP contribution >= 0.6 is 0 Å². The number of aryl methyl sites for hydroxylation is 2. The average molecular weight is 295 g/mol. The minimum absolute atomic E-state index is 0.0339. The van der Waals surface area contributed by atoms with Gasteiger partial charge in [-0.15, -0.1) is 0 Å². The molecule has 0 amide bonds. The maximum atomic E-state index is 12.5. The van der Waals surface area contributed by atoms with E-state index in [1.165, 1.54) is 0 Å². The molecule has 1 N–H and O–H groups in total. The van der Waals surface area contributed by atoms with Crippen molar-refractivity contribution in [3.8, 4) is 5.75 Å². The maximum absolute atomic E-state index is 12.5. The lowest BCUT2D eigenvalue weighted by atomic mass is 10.2. The molecule has 1 aliphatic carbocycles. The van der Waals surface area contributed by atoms with E-state index in [4.69, 9.17) is 9.72 Å². The second-order valence-corrected chi connectivity index (χ2v) is 5.67. The first-order chi connectivity index (χ1) is 10.7. The Hall–Kier alpha value is -2.56. The molecule has 5 heteroatoms. The lowest BCUT2D eigenvalue weighted by Crippen LogP contribution is -2.20. The van der Waals surface area contributed by atoms with E-state index >= 15 is 0 Å². The Morgan fingerprint density at radius 2 is 2.09 bits per heavy atom. The number of nitrogens with zero attached hydrogens (tertiary/aromatic N) is 2. The monoisotopic (exact) mass is 295 g/mol. The Bertz CT molecular complexity index is 894. The van der Waals surface area contributed by atoms with Crippen LogP contribution in [0.25, 0.3) is 5.65 Å². The molecule has 1 aromatic carbocycles. The van der Waals surface area contributed by atoms with Crippen molar-refractivity contribution in [2.75, 3.05) is 0 Å². The highest BCUT2D eigenvalue weighted by atomic mass is 16.5. The van der Waals surface area contributed by atoms with Gasteiger partial charge in [0.1, 0.15) is 12.4 Å². The Kier molecular flexibility index (Phi) is 2.99. The van der Waals surface area contributed by atoms with E-state index in [0.717, 1.165) is 47.5 Å². The van der Waals surface area contributed by atoms with Gasteiger partial charge in [-0.25, -0.2) is 9.50 Å². The molecule has 0 bridgehead atoms. The number of ether oxygens (including phenoxy) is 1. The Morgan fingerprint density at radius 1 is 1.27 bits per heavy atom. The van der Waals surface area contributed by atoms with E-state index in [2.05, 4.69) is 5.10 Å². The van der Waals surface area contributed by atoms with Gasteiger partial charge in [0.05, 0.1) is 11.3 Å². The van der Waals surface area contributed by atoms with Gasteiger partial charge in [0.15, 0.2) is 5.65 Å². The minimum Gasteiger partial charge on any atom is -0.489 e. The zero-order valence-electron chi connectivity index (χ0n) is 12.4. The summed E-state index contributed by atoms with van der Waals surface area (Å²) in [5, 5.41) is 3.12. The third kappa shape index (κ3) is 2.01. The largest absolute Gasteiger partial charge is 0.489 e. The number of hydrogen-bond acceptors (Lipinski definition) is 3. The molecular weight excluding hydrogens is 278 g/mol. The Morgan fingerprint density at radius 3 is 2.91 bits per heavy atom. The number of H-pyrrole nitrogens is 1. The second-order valence-electron chi connectivity index (χ2n) is 5.67. The summed E-state index contributed by atoms with van der Waals surface area (Å²) >= 11 is 0. The number of aromatic nitrogens is 3. The lowest BCUT2D eigenvalue weighted by molar-refractivity contribution is 0.306. The lowest BCUT2D eigenvalue weighted by Gasteiger charge is -2.06. The second kappa shape index (κ2) is 5.02. The van der Waals surface area contributed by atoms with Crippen molar-refractivity contribution in [3.63, 3.8) is 0 Å². The molecule has 4 rings (SSSR count). The number of hydrogen-bond donors (Lipinski definition) is 1. The van der Waals surface area contributed by atoms with E-state index in [1.54, 1.807) is 4.52 Å². The summed E-state index contributed by atoms with van der Waals surface area (Å²) in [7, 11) is 0. The van der Waals surface area contributed by atoms with Crippen LogP contribution in [0, 0.1) is 6.92 Å². The van der Waals surface area contributed by atoms with Crippen molar-refractivity contribution in [1.29, 1.82) is 0 Å². The van der Waals surface area contributed by atoms with Crippen molar-refractivity contribution in [2.45, 2.75) is 32.8 Å². The van der Waals surface area contributed by atoms with Gasteiger partial charge in [-0.1, -0.05) is 18.2 Å². The van der Waals surface area contributed by atoms with Gasteiger partial charge >= 0.3 is 0 Å². The van der Waals surface area contributed by atoms with E-state index in [9.17, 15) is 4.79 Å². The van der Waals surface area contributed by atoms with Gasteiger partial charge in [-0.2, -0.15) is 0 Å². The van der Waals surface area contributed by atoms with Crippen molar-refractivity contribution >= 4 is 5.65 Å². The van der Waals surface area contributed by atoms with Crippen molar-refractivity contribution < 1.29 is 4.74 Å². The minimum atomic E-state index is 0.0339. The normalized spacial score (nSPS) is 13.5. The zero-order chi connectivity index (χ0) is 15.1. The maximum Gasteiger partial charge on any atom is 0.276 e. The average Bonchev–Trinajstić information content (AvgIpc) is 3.12. The molecule has 0 spiro atoms. The van der Waals surface area contributed by atoms with Crippen LogP contribution in [0.1, 0.15) is 28.9 Å². The molecule has 0 radical (unpaired) electrons. The molecule has 0 unspecified atom stereocenters. The topological polar surface area (TPSA) is 59.4 Å². The predicted octanol–water partition coefficient (Wildman–Crippen LogP) is 2.40. The highest BCUT2D eigenvalue weighted by Crippen LogP contribution is 2.21.